The second-order valence-corrected chi connectivity index (χ2v) is 8.79. The van der Waals surface area contributed by atoms with Gasteiger partial charge in [-0.15, -0.1) is 0 Å². The average molecular weight is 440 g/mol. The van der Waals surface area contributed by atoms with Gasteiger partial charge in [-0.1, -0.05) is 18.6 Å². The lowest BCUT2D eigenvalue weighted by atomic mass is 9.86. The Morgan fingerprint density at radius 2 is 1.97 bits per heavy atom. The lowest BCUT2D eigenvalue weighted by Gasteiger charge is -2.39. The number of likely N-dealkylation sites (tertiary alicyclic amines) is 1. The number of carbonyl (C=O) groups excluding carboxylic acids is 2. The van der Waals surface area contributed by atoms with Crippen LogP contribution in [0, 0.1) is 5.92 Å². The van der Waals surface area contributed by atoms with Crippen LogP contribution in [0.4, 0.5) is 0 Å². The molecule has 1 saturated heterocycles. The molecule has 1 N–H and O–H groups in total. The molecule has 1 fully saturated rings. The summed E-state index contributed by atoms with van der Waals surface area (Å²) >= 11 is 0. The minimum atomic E-state index is -0.134. The van der Waals surface area contributed by atoms with Crippen molar-refractivity contribution >= 4 is 11.8 Å². The lowest BCUT2D eigenvalue weighted by Crippen LogP contribution is -2.53. The summed E-state index contributed by atoms with van der Waals surface area (Å²) in [6, 6.07) is 11.3. The van der Waals surface area contributed by atoms with E-state index in [-0.39, 0.29) is 17.9 Å². The van der Waals surface area contributed by atoms with Gasteiger partial charge in [0.05, 0.1) is 18.4 Å². The zero-order valence-electron chi connectivity index (χ0n) is 18.8. The van der Waals surface area contributed by atoms with Crippen molar-refractivity contribution in [2.45, 2.75) is 45.2 Å². The molecule has 1 aromatic heterocycles. The third kappa shape index (κ3) is 5.71. The standard InChI is InChI=1S/C25H33N3O4/c1-19(29)28-13-11-20-7-4-5-12-27(17-21-8-6-15-31-21)14-16-32-24-10-3-2-9-22(24)25(30)26-23(20)18-28/h2-3,6,8-10,15,20,23H,4-5,7,11-14,16-18H2,1H3,(H,26,30)/t20-,23+/m1/s1. The molecule has 3 heterocycles. The number of fused-ring (bicyclic) bond motifs is 2. The van der Waals surface area contributed by atoms with Crippen LogP contribution in [-0.4, -0.2) is 60.4 Å². The number of rotatable bonds is 2. The van der Waals surface area contributed by atoms with Crippen molar-refractivity contribution in [3.8, 4) is 5.75 Å². The van der Waals surface area contributed by atoms with Crippen molar-refractivity contribution in [3.05, 3.63) is 54.0 Å². The maximum atomic E-state index is 13.2. The molecule has 2 amide bonds. The van der Waals surface area contributed by atoms with Gasteiger partial charge in [0.1, 0.15) is 18.1 Å². The molecule has 0 aliphatic carbocycles. The van der Waals surface area contributed by atoms with Gasteiger partial charge in [-0.3, -0.25) is 14.5 Å². The number of nitrogens with one attached hydrogen (secondary N) is 1. The van der Waals surface area contributed by atoms with Crippen molar-refractivity contribution in [2.75, 3.05) is 32.8 Å². The number of carbonyl (C=O) groups is 2. The van der Waals surface area contributed by atoms with Crippen LogP contribution >= 0.6 is 0 Å². The lowest BCUT2D eigenvalue weighted by molar-refractivity contribution is -0.130. The van der Waals surface area contributed by atoms with E-state index in [1.165, 1.54) is 0 Å². The smallest absolute Gasteiger partial charge is 0.255 e. The highest BCUT2D eigenvalue weighted by Gasteiger charge is 2.32. The van der Waals surface area contributed by atoms with E-state index in [1.54, 1.807) is 19.3 Å². The topological polar surface area (TPSA) is 75.0 Å². The second kappa shape index (κ2) is 10.7. The van der Waals surface area contributed by atoms with Crippen LogP contribution in [0.3, 0.4) is 0 Å². The van der Waals surface area contributed by atoms with Gasteiger partial charge < -0.3 is 19.4 Å². The third-order valence-corrected chi connectivity index (χ3v) is 6.57. The summed E-state index contributed by atoms with van der Waals surface area (Å²) in [4.78, 5) is 29.3. The fourth-order valence-electron chi connectivity index (χ4n) is 4.74. The number of ether oxygens (including phenoxy) is 1. The Labute approximate surface area is 189 Å². The minimum absolute atomic E-state index is 0.0460. The average Bonchev–Trinajstić information content (AvgIpc) is 3.30. The molecule has 0 unspecified atom stereocenters. The Balaban J connectivity index is 1.52. The van der Waals surface area contributed by atoms with Crippen LogP contribution in [-0.2, 0) is 11.3 Å². The van der Waals surface area contributed by atoms with Crippen molar-refractivity contribution < 1.29 is 18.7 Å². The van der Waals surface area contributed by atoms with Crippen molar-refractivity contribution in [1.29, 1.82) is 0 Å². The number of piperidine rings is 1. The van der Waals surface area contributed by atoms with Crippen LogP contribution in [0.25, 0.3) is 0 Å². The molecule has 0 spiro atoms. The van der Waals surface area contributed by atoms with E-state index in [0.717, 1.165) is 57.6 Å². The first-order valence-corrected chi connectivity index (χ1v) is 11.6. The Kier molecular flexibility index (Phi) is 7.47. The summed E-state index contributed by atoms with van der Waals surface area (Å²) in [5.74, 6) is 1.84. The Hall–Kier alpha value is -2.80. The van der Waals surface area contributed by atoms with E-state index in [0.29, 0.717) is 30.4 Å². The molecule has 0 radical (unpaired) electrons. The Bertz CT molecular complexity index is 898. The van der Waals surface area contributed by atoms with Crippen molar-refractivity contribution in [1.82, 2.24) is 15.1 Å². The van der Waals surface area contributed by atoms with Gasteiger partial charge in [-0.2, -0.15) is 0 Å². The highest BCUT2D eigenvalue weighted by molar-refractivity contribution is 5.97. The number of nitrogens with zero attached hydrogens (tertiary/aromatic N) is 2. The van der Waals surface area contributed by atoms with Gasteiger partial charge in [0.25, 0.3) is 5.91 Å². The number of benzene rings is 1. The largest absolute Gasteiger partial charge is 0.491 e. The molecule has 32 heavy (non-hydrogen) atoms. The molecule has 2 aliphatic rings. The summed E-state index contributed by atoms with van der Waals surface area (Å²) in [6.07, 6.45) is 5.83. The van der Waals surface area contributed by atoms with Gasteiger partial charge in [0, 0.05) is 32.6 Å². The van der Waals surface area contributed by atoms with Crippen molar-refractivity contribution in [3.63, 3.8) is 0 Å². The molecule has 2 aliphatic heterocycles. The SMILES string of the molecule is CC(=O)N1CC[C@H]2CCCCN(Cc3ccco3)CCOc3ccccc3C(=O)N[C@H]2C1. The zero-order chi connectivity index (χ0) is 22.3. The first-order chi connectivity index (χ1) is 15.6. The first kappa shape index (κ1) is 22.4. The monoisotopic (exact) mass is 439 g/mol. The zero-order valence-corrected chi connectivity index (χ0v) is 18.8. The van der Waals surface area contributed by atoms with Crippen LogP contribution in [0.5, 0.6) is 5.75 Å². The second-order valence-electron chi connectivity index (χ2n) is 8.79. The van der Waals surface area contributed by atoms with Gasteiger partial charge >= 0.3 is 0 Å². The maximum Gasteiger partial charge on any atom is 0.255 e. The Morgan fingerprint density at radius 3 is 2.78 bits per heavy atom. The molecule has 1 aromatic carbocycles. The van der Waals surface area contributed by atoms with Gasteiger partial charge in [-0.05, 0) is 56.0 Å². The predicted molar refractivity (Wildman–Crippen MR) is 121 cm³/mol. The van der Waals surface area contributed by atoms with Crippen LogP contribution in [0.15, 0.2) is 47.1 Å². The predicted octanol–water partition coefficient (Wildman–Crippen LogP) is 3.31. The highest BCUT2D eigenvalue weighted by Crippen LogP contribution is 2.26. The number of hydrogen-bond acceptors (Lipinski definition) is 5. The molecule has 4 rings (SSSR count). The highest BCUT2D eigenvalue weighted by atomic mass is 16.5. The maximum absolute atomic E-state index is 13.2. The van der Waals surface area contributed by atoms with E-state index in [9.17, 15) is 9.59 Å². The molecule has 0 saturated carbocycles. The minimum Gasteiger partial charge on any atom is -0.491 e. The van der Waals surface area contributed by atoms with E-state index < -0.39 is 0 Å². The summed E-state index contributed by atoms with van der Waals surface area (Å²) < 4.78 is 11.6. The molecule has 7 heteroatoms. The van der Waals surface area contributed by atoms with Crippen LogP contribution in [0.1, 0.15) is 48.7 Å². The summed E-state index contributed by atoms with van der Waals surface area (Å²) in [5, 5.41) is 3.22. The Morgan fingerprint density at radius 1 is 1.09 bits per heavy atom. The number of amides is 2. The molecule has 172 valence electrons. The molecule has 7 nitrogen and oxygen atoms in total. The van der Waals surface area contributed by atoms with E-state index in [4.69, 9.17) is 9.15 Å². The summed E-state index contributed by atoms with van der Waals surface area (Å²) in [6.45, 7) is 5.90. The molecule has 2 atom stereocenters. The van der Waals surface area contributed by atoms with Gasteiger partial charge in [-0.25, -0.2) is 0 Å². The third-order valence-electron chi connectivity index (χ3n) is 6.57. The normalized spacial score (nSPS) is 23.3. The summed E-state index contributed by atoms with van der Waals surface area (Å²) in [5.41, 5.74) is 0.542. The quantitative estimate of drug-likeness (QED) is 0.777. The van der Waals surface area contributed by atoms with Crippen LogP contribution in [0.2, 0.25) is 0 Å². The molecular weight excluding hydrogens is 406 g/mol. The van der Waals surface area contributed by atoms with E-state index >= 15 is 0 Å². The number of hydrogen-bond donors (Lipinski definition) is 1. The summed E-state index contributed by atoms with van der Waals surface area (Å²) in [7, 11) is 0. The van der Waals surface area contributed by atoms with Gasteiger partial charge in [0.15, 0.2) is 0 Å². The first-order valence-electron chi connectivity index (χ1n) is 11.6. The van der Waals surface area contributed by atoms with E-state index in [1.807, 2.05) is 35.2 Å². The number of furan rings is 1. The molecule has 2 aromatic rings. The van der Waals surface area contributed by atoms with Crippen molar-refractivity contribution in [2.24, 2.45) is 5.92 Å². The number of para-hydroxylation sites is 1. The molecular formula is C25H33N3O4. The van der Waals surface area contributed by atoms with Gasteiger partial charge in [0.2, 0.25) is 5.91 Å². The molecule has 0 bridgehead atoms. The fourth-order valence-corrected chi connectivity index (χ4v) is 4.74. The fraction of sp³-hybridized carbons (Fsp3) is 0.520. The van der Waals surface area contributed by atoms with Crippen LogP contribution < -0.4 is 10.1 Å². The van der Waals surface area contributed by atoms with E-state index in [2.05, 4.69) is 10.2 Å².